The maximum Gasteiger partial charge on any atom is 0.223 e. The van der Waals surface area contributed by atoms with Gasteiger partial charge in [-0.1, -0.05) is 30.7 Å². The number of fused-ring (bicyclic) bond motifs is 1. The zero-order valence-corrected chi connectivity index (χ0v) is 11.2. The average Bonchev–Trinajstić information content (AvgIpc) is 2.67. The summed E-state index contributed by atoms with van der Waals surface area (Å²) in [6.45, 7) is 2.00. The van der Waals surface area contributed by atoms with Crippen molar-refractivity contribution >= 4 is 16.8 Å². The molecule has 2 aromatic rings. The molecule has 0 saturated heterocycles. The van der Waals surface area contributed by atoms with E-state index in [4.69, 9.17) is 4.42 Å². The van der Waals surface area contributed by atoms with Gasteiger partial charge in [-0.05, 0) is 49.8 Å². The molecule has 1 aromatic heterocycles. The Labute approximate surface area is 113 Å². The van der Waals surface area contributed by atoms with Crippen molar-refractivity contribution in [1.82, 2.24) is 0 Å². The van der Waals surface area contributed by atoms with E-state index in [0.29, 0.717) is 5.76 Å². The highest BCUT2D eigenvalue weighted by Crippen LogP contribution is 2.26. The number of hydrogen-bond acceptors (Lipinski definition) is 2. The lowest BCUT2D eigenvalue weighted by Crippen LogP contribution is -2.01. The molecule has 0 spiro atoms. The van der Waals surface area contributed by atoms with Crippen molar-refractivity contribution < 1.29 is 9.21 Å². The van der Waals surface area contributed by atoms with Crippen molar-refractivity contribution in [1.29, 1.82) is 0 Å². The van der Waals surface area contributed by atoms with E-state index < -0.39 is 0 Å². The van der Waals surface area contributed by atoms with E-state index in [2.05, 4.69) is 6.08 Å². The van der Waals surface area contributed by atoms with Crippen LogP contribution in [0, 0.1) is 6.92 Å². The van der Waals surface area contributed by atoms with E-state index in [0.717, 1.165) is 41.4 Å². The summed E-state index contributed by atoms with van der Waals surface area (Å²) in [6.07, 6.45) is 7.50. The highest BCUT2D eigenvalue weighted by atomic mass is 16.3. The molecule has 1 heterocycles. The minimum absolute atomic E-state index is 0.0671. The topological polar surface area (TPSA) is 30.2 Å². The van der Waals surface area contributed by atoms with E-state index in [9.17, 15) is 4.79 Å². The minimum Gasteiger partial charge on any atom is -0.452 e. The lowest BCUT2D eigenvalue weighted by atomic mass is 10.0. The van der Waals surface area contributed by atoms with Crippen LogP contribution in [0.1, 0.15) is 48.2 Å². The molecule has 19 heavy (non-hydrogen) atoms. The molecule has 0 bridgehead atoms. The summed E-state index contributed by atoms with van der Waals surface area (Å²) in [5.41, 5.74) is 2.83. The van der Waals surface area contributed by atoms with Crippen molar-refractivity contribution in [3.8, 4) is 0 Å². The third kappa shape index (κ3) is 2.35. The number of benzene rings is 1. The van der Waals surface area contributed by atoms with E-state index in [1.54, 1.807) is 0 Å². The number of carbonyl (C=O) groups is 1. The maximum absolute atomic E-state index is 12.5. The van der Waals surface area contributed by atoms with Crippen LogP contribution in [0.3, 0.4) is 0 Å². The predicted molar refractivity (Wildman–Crippen MR) is 76.4 cm³/mol. The van der Waals surface area contributed by atoms with Gasteiger partial charge in [0.2, 0.25) is 5.78 Å². The number of ketones is 1. The number of rotatable bonds is 2. The molecule has 0 fully saturated rings. The first-order valence-corrected chi connectivity index (χ1v) is 6.98. The number of carbonyl (C=O) groups excluding carboxylic acids is 1. The molecular formula is C17H18O2. The number of Topliss-reactive ketones (excluding diaryl/α,β-unsaturated/α-hetero) is 1. The Morgan fingerprint density at radius 3 is 2.95 bits per heavy atom. The minimum atomic E-state index is 0.0671. The number of furan rings is 1. The first-order chi connectivity index (χ1) is 9.25. The molecule has 3 rings (SSSR count). The summed E-state index contributed by atoms with van der Waals surface area (Å²) in [4.78, 5) is 12.5. The fourth-order valence-electron chi connectivity index (χ4n) is 2.70. The van der Waals surface area contributed by atoms with Crippen LogP contribution in [0.5, 0.6) is 0 Å². The van der Waals surface area contributed by atoms with Gasteiger partial charge in [-0.25, -0.2) is 0 Å². The molecule has 0 atom stereocenters. The monoisotopic (exact) mass is 254 g/mol. The van der Waals surface area contributed by atoms with Gasteiger partial charge < -0.3 is 4.42 Å². The molecule has 98 valence electrons. The van der Waals surface area contributed by atoms with Crippen LogP contribution in [-0.4, -0.2) is 5.78 Å². The van der Waals surface area contributed by atoms with E-state index in [1.165, 1.54) is 12.8 Å². The number of aryl methyl sites for hydroxylation is 1. The second-order valence-corrected chi connectivity index (χ2v) is 5.26. The third-order valence-electron chi connectivity index (χ3n) is 3.80. The quantitative estimate of drug-likeness (QED) is 0.719. The van der Waals surface area contributed by atoms with Gasteiger partial charge in [-0.2, -0.15) is 0 Å². The van der Waals surface area contributed by atoms with Gasteiger partial charge in [-0.3, -0.25) is 4.79 Å². The summed E-state index contributed by atoms with van der Waals surface area (Å²) in [5.74, 6) is 0.551. The Hall–Kier alpha value is -1.83. The fourth-order valence-corrected chi connectivity index (χ4v) is 2.70. The Kier molecular flexibility index (Phi) is 3.24. The summed E-state index contributed by atoms with van der Waals surface area (Å²) in [7, 11) is 0. The number of para-hydroxylation sites is 1. The first-order valence-electron chi connectivity index (χ1n) is 6.98. The van der Waals surface area contributed by atoms with Gasteiger partial charge in [0.25, 0.3) is 0 Å². The predicted octanol–water partition coefficient (Wildman–Crippen LogP) is 4.81. The molecule has 0 saturated carbocycles. The Morgan fingerprint density at radius 1 is 1.21 bits per heavy atom. The lowest BCUT2D eigenvalue weighted by Gasteiger charge is -2.01. The summed E-state index contributed by atoms with van der Waals surface area (Å²) >= 11 is 0. The molecule has 1 aliphatic rings. The molecule has 0 amide bonds. The van der Waals surface area contributed by atoms with Crippen LogP contribution in [0.4, 0.5) is 0 Å². The van der Waals surface area contributed by atoms with E-state index in [-0.39, 0.29) is 5.78 Å². The zero-order chi connectivity index (χ0) is 13.2. The molecule has 0 unspecified atom stereocenters. The Morgan fingerprint density at radius 2 is 2.11 bits per heavy atom. The van der Waals surface area contributed by atoms with Crippen LogP contribution in [0.2, 0.25) is 0 Å². The molecule has 0 N–H and O–H groups in total. The Balaban J connectivity index is 1.97. The van der Waals surface area contributed by atoms with Crippen LogP contribution < -0.4 is 0 Å². The van der Waals surface area contributed by atoms with Crippen LogP contribution >= 0.6 is 0 Å². The van der Waals surface area contributed by atoms with Crippen molar-refractivity contribution in [3.05, 3.63) is 47.2 Å². The third-order valence-corrected chi connectivity index (χ3v) is 3.80. The van der Waals surface area contributed by atoms with E-state index >= 15 is 0 Å². The molecular weight excluding hydrogens is 236 g/mol. The van der Waals surface area contributed by atoms with Crippen molar-refractivity contribution in [3.63, 3.8) is 0 Å². The Bertz CT molecular complexity index is 646. The normalized spacial score (nSPS) is 16.2. The fraction of sp³-hybridized carbons (Fsp3) is 0.353. The lowest BCUT2D eigenvalue weighted by molar-refractivity contribution is 0.100. The van der Waals surface area contributed by atoms with Crippen molar-refractivity contribution in [2.75, 3.05) is 0 Å². The second-order valence-electron chi connectivity index (χ2n) is 5.26. The van der Waals surface area contributed by atoms with Gasteiger partial charge in [0, 0.05) is 5.39 Å². The number of allylic oxidation sites excluding steroid dienone is 2. The van der Waals surface area contributed by atoms with Crippen molar-refractivity contribution in [2.24, 2.45) is 0 Å². The SMILES string of the molecule is Cc1cccc2cc(C(=O)C3=CCCCCC3)oc12. The second kappa shape index (κ2) is 5.04. The van der Waals surface area contributed by atoms with Gasteiger partial charge in [0.1, 0.15) is 5.58 Å². The molecule has 1 aliphatic carbocycles. The average molecular weight is 254 g/mol. The summed E-state index contributed by atoms with van der Waals surface area (Å²) in [6, 6.07) is 7.86. The van der Waals surface area contributed by atoms with Crippen LogP contribution in [-0.2, 0) is 0 Å². The molecule has 0 aliphatic heterocycles. The smallest absolute Gasteiger partial charge is 0.223 e. The van der Waals surface area contributed by atoms with Crippen molar-refractivity contribution in [2.45, 2.75) is 39.0 Å². The van der Waals surface area contributed by atoms with Gasteiger partial charge >= 0.3 is 0 Å². The van der Waals surface area contributed by atoms with Crippen LogP contribution in [0.25, 0.3) is 11.0 Å². The largest absolute Gasteiger partial charge is 0.452 e. The maximum atomic E-state index is 12.5. The van der Waals surface area contributed by atoms with E-state index in [1.807, 2.05) is 31.2 Å². The van der Waals surface area contributed by atoms with Gasteiger partial charge in [0.15, 0.2) is 5.76 Å². The molecule has 2 heteroatoms. The summed E-state index contributed by atoms with van der Waals surface area (Å²) in [5, 5.41) is 1.01. The number of hydrogen-bond donors (Lipinski definition) is 0. The highest BCUT2D eigenvalue weighted by molar-refractivity contribution is 6.08. The molecule has 2 nitrogen and oxygen atoms in total. The van der Waals surface area contributed by atoms with Crippen LogP contribution in [0.15, 0.2) is 40.3 Å². The molecule has 0 radical (unpaired) electrons. The summed E-state index contributed by atoms with van der Waals surface area (Å²) < 4.78 is 5.76. The standard InChI is InChI=1S/C17H18O2/c1-12-7-6-10-14-11-15(19-17(12)14)16(18)13-8-4-2-3-5-9-13/h6-8,10-11H,2-5,9H2,1H3. The highest BCUT2D eigenvalue weighted by Gasteiger charge is 2.18. The van der Waals surface area contributed by atoms with Gasteiger partial charge in [-0.15, -0.1) is 0 Å². The molecule has 1 aromatic carbocycles. The zero-order valence-electron chi connectivity index (χ0n) is 11.2. The first kappa shape index (κ1) is 12.2. The van der Waals surface area contributed by atoms with Gasteiger partial charge in [0.05, 0.1) is 0 Å².